The van der Waals surface area contributed by atoms with Crippen molar-refractivity contribution in [1.82, 2.24) is 4.83 Å². The smallest absolute Gasteiger partial charge is 0.348 e. The van der Waals surface area contributed by atoms with Crippen molar-refractivity contribution in [3.63, 3.8) is 0 Å². The Balaban J connectivity index is 2.36. The van der Waals surface area contributed by atoms with Crippen LogP contribution in [0.3, 0.4) is 0 Å². The highest BCUT2D eigenvalue weighted by atomic mass is 32.2. The molecule has 1 aromatic heterocycles. The largest absolute Gasteiger partial charge is 0.507 e. The quantitative estimate of drug-likeness (QED) is 0.458. The summed E-state index contributed by atoms with van der Waals surface area (Å²) in [6.45, 7) is 2.75. The van der Waals surface area contributed by atoms with Crippen LogP contribution in [0, 0.1) is 17.0 Å². The van der Waals surface area contributed by atoms with Gasteiger partial charge in [0.05, 0.1) is 15.5 Å². The first-order valence-electron chi connectivity index (χ1n) is 6.76. The minimum Gasteiger partial charge on any atom is -0.507 e. The van der Waals surface area contributed by atoms with Crippen molar-refractivity contribution in [1.29, 1.82) is 0 Å². The Kier molecular flexibility index (Phi) is 4.88. The fourth-order valence-electron chi connectivity index (χ4n) is 1.93. The fraction of sp³-hybridized carbons (Fsp3) is 0.143. The van der Waals surface area contributed by atoms with E-state index in [0.29, 0.717) is 0 Å². The van der Waals surface area contributed by atoms with Crippen molar-refractivity contribution in [2.75, 3.05) is 0 Å². The van der Waals surface area contributed by atoms with Crippen LogP contribution >= 0.6 is 0 Å². The van der Waals surface area contributed by atoms with E-state index in [4.69, 9.17) is 4.42 Å². The monoisotopic (exact) mass is 367 g/mol. The molecule has 25 heavy (non-hydrogen) atoms. The highest BCUT2D eigenvalue weighted by Crippen LogP contribution is 2.18. The average Bonchev–Trinajstić information content (AvgIpc) is 2.52. The number of hydrogen-bond donors (Lipinski definition) is 2. The van der Waals surface area contributed by atoms with Crippen molar-refractivity contribution in [3.8, 4) is 5.75 Å². The molecule has 11 heteroatoms. The molecule has 0 aliphatic rings. The molecule has 0 aliphatic heterocycles. The lowest BCUT2D eigenvalue weighted by Crippen LogP contribution is -2.22. The van der Waals surface area contributed by atoms with Crippen molar-refractivity contribution in [2.24, 2.45) is 5.10 Å². The number of aryl methyl sites for hydroxylation is 1. The van der Waals surface area contributed by atoms with Gasteiger partial charge in [0.25, 0.3) is 15.7 Å². The zero-order valence-electron chi connectivity index (χ0n) is 13.1. The summed E-state index contributed by atoms with van der Waals surface area (Å²) >= 11 is 0. The van der Waals surface area contributed by atoms with E-state index in [2.05, 4.69) is 5.10 Å². The second-order valence-electron chi connectivity index (χ2n) is 4.95. The van der Waals surface area contributed by atoms with Crippen LogP contribution in [0.5, 0.6) is 5.75 Å². The lowest BCUT2D eigenvalue weighted by atomic mass is 10.2. The van der Waals surface area contributed by atoms with E-state index in [9.17, 15) is 28.4 Å². The van der Waals surface area contributed by atoms with Gasteiger partial charge >= 0.3 is 5.63 Å². The molecule has 10 nitrogen and oxygen atoms in total. The van der Waals surface area contributed by atoms with Crippen LogP contribution in [0.15, 0.2) is 49.5 Å². The Morgan fingerprint density at radius 2 is 2.04 bits per heavy atom. The minimum atomic E-state index is -4.21. The molecule has 1 aromatic carbocycles. The third-order valence-electron chi connectivity index (χ3n) is 3.09. The number of benzene rings is 1. The van der Waals surface area contributed by atoms with Gasteiger partial charge in [0.15, 0.2) is 0 Å². The number of nitro groups is 1. The molecule has 0 bridgehead atoms. The van der Waals surface area contributed by atoms with Crippen LogP contribution in [-0.4, -0.2) is 24.2 Å². The molecule has 2 aromatic rings. The molecule has 132 valence electrons. The molecule has 0 fully saturated rings. The van der Waals surface area contributed by atoms with Gasteiger partial charge in [-0.25, -0.2) is 4.79 Å². The summed E-state index contributed by atoms with van der Waals surface area (Å²) in [5.41, 5.74) is -1.72. The van der Waals surface area contributed by atoms with E-state index < -0.39 is 32.0 Å². The summed E-state index contributed by atoms with van der Waals surface area (Å²) in [7, 11) is -4.21. The normalized spacial score (nSPS) is 12.0. The molecule has 0 atom stereocenters. The maximum atomic E-state index is 12.2. The Morgan fingerprint density at radius 1 is 1.36 bits per heavy atom. The minimum absolute atomic E-state index is 0.139. The molecule has 2 rings (SSSR count). The van der Waals surface area contributed by atoms with Gasteiger partial charge < -0.3 is 9.52 Å². The number of hydrogen-bond acceptors (Lipinski definition) is 8. The third kappa shape index (κ3) is 4.01. The second-order valence-corrected chi connectivity index (χ2v) is 6.61. The Labute approximate surface area is 141 Å². The van der Waals surface area contributed by atoms with Crippen molar-refractivity contribution < 1.29 is 22.9 Å². The predicted molar refractivity (Wildman–Crippen MR) is 87.0 cm³/mol. The number of non-ortho nitro benzene ring substituents is 1. The van der Waals surface area contributed by atoms with Gasteiger partial charge in [-0.05, 0) is 19.9 Å². The summed E-state index contributed by atoms with van der Waals surface area (Å²) < 4.78 is 29.1. The first kappa shape index (κ1) is 18.1. The Morgan fingerprint density at radius 3 is 2.64 bits per heavy atom. The number of nitrogens with one attached hydrogen (secondary N) is 1. The number of nitro benzene ring substituents is 1. The van der Waals surface area contributed by atoms with E-state index >= 15 is 0 Å². The molecule has 0 aliphatic carbocycles. The summed E-state index contributed by atoms with van der Waals surface area (Å²) in [6, 6.07) is 5.56. The topological polar surface area (TPSA) is 152 Å². The summed E-state index contributed by atoms with van der Waals surface area (Å²) in [5, 5.41) is 24.1. The van der Waals surface area contributed by atoms with Gasteiger partial charge in [0.2, 0.25) is 0 Å². The maximum Gasteiger partial charge on any atom is 0.348 e. The summed E-state index contributed by atoms with van der Waals surface area (Å²) in [6.07, 6.45) is 0. The molecule has 0 spiro atoms. The van der Waals surface area contributed by atoms with Crippen molar-refractivity contribution in [2.45, 2.75) is 18.7 Å². The molecule has 0 amide bonds. The second kappa shape index (κ2) is 6.73. The summed E-state index contributed by atoms with van der Waals surface area (Å²) in [4.78, 5) is 23.2. The number of rotatable bonds is 5. The van der Waals surface area contributed by atoms with Crippen LogP contribution in [0.25, 0.3) is 0 Å². The fourth-order valence-corrected chi connectivity index (χ4v) is 2.83. The van der Waals surface area contributed by atoms with E-state index in [-0.39, 0.29) is 21.9 Å². The van der Waals surface area contributed by atoms with Gasteiger partial charge in [0, 0.05) is 18.2 Å². The zero-order valence-corrected chi connectivity index (χ0v) is 13.9. The molecule has 0 radical (unpaired) electrons. The average molecular weight is 367 g/mol. The first-order valence-corrected chi connectivity index (χ1v) is 8.25. The Bertz CT molecular complexity index is 1020. The molecule has 0 unspecified atom stereocenters. The predicted octanol–water partition coefficient (Wildman–Crippen LogP) is 1.26. The molecule has 1 heterocycles. The maximum absolute atomic E-state index is 12.2. The molecular formula is C14H13N3O7S. The van der Waals surface area contributed by atoms with Crippen LogP contribution in [0.1, 0.15) is 18.2 Å². The summed E-state index contributed by atoms with van der Waals surface area (Å²) in [5.74, 6) is -0.235. The van der Waals surface area contributed by atoms with Gasteiger partial charge in [-0.2, -0.15) is 18.4 Å². The SMILES string of the molecule is CC(=NNS(=O)(=O)c1cccc([N+](=O)[O-])c1)c1c(O)cc(C)oc1=O. The van der Waals surface area contributed by atoms with E-state index in [1.165, 1.54) is 26.0 Å². The standard InChI is InChI=1S/C14H13N3O7S/c1-8-6-12(18)13(14(19)24-8)9(2)15-16-25(22,23)11-5-3-4-10(7-11)17(20)21/h3-7,16,18H,1-2H3. The molecular weight excluding hydrogens is 354 g/mol. The van der Waals surface area contributed by atoms with Crippen LogP contribution < -0.4 is 10.5 Å². The van der Waals surface area contributed by atoms with Crippen molar-refractivity contribution >= 4 is 21.4 Å². The van der Waals surface area contributed by atoms with Gasteiger partial charge in [-0.15, -0.1) is 0 Å². The molecule has 0 saturated carbocycles. The van der Waals surface area contributed by atoms with Crippen LogP contribution in [0.4, 0.5) is 5.69 Å². The Hall–Kier alpha value is -3.21. The van der Waals surface area contributed by atoms with Crippen molar-refractivity contribution in [3.05, 3.63) is 62.2 Å². The van der Waals surface area contributed by atoms with E-state index in [1.54, 1.807) is 0 Å². The van der Waals surface area contributed by atoms with Crippen LogP contribution in [-0.2, 0) is 10.0 Å². The zero-order chi connectivity index (χ0) is 18.8. The number of sulfonamides is 1. The van der Waals surface area contributed by atoms with E-state index in [0.717, 1.165) is 18.2 Å². The van der Waals surface area contributed by atoms with Gasteiger partial charge in [0.1, 0.15) is 17.1 Å². The molecule has 2 N–H and O–H groups in total. The highest BCUT2D eigenvalue weighted by molar-refractivity contribution is 7.89. The lowest BCUT2D eigenvalue weighted by Gasteiger charge is -2.06. The highest BCUT2D eigenvalue weighted by Gasteiger charge is 2.18. The first-order chi connectivity index (χ1) is 11.6. The number of hydrazone groups is 1. The van der Waals surface area contributed by atoms with Gasteiger partial charge in [-0.3, -0.25) is 10.1 Å². The number of nitrogens with zero attached hydrogens (tertiary/aromatic N) is 2. The van der Waals surface area contributed by atoms with Gasteiger partial charge in [-0.1, -0.05) is 6.07 Å². The van der Waals surface area contributed by atoms with Crippen LogP contribution in [0.2, 0.25) is 0 Å². The molecule has 0 saturated heterocycles. The third-order valence-corrected chi connectivity index (χ3v) is 4.29. The lowest BCUT2D eigenvalue weighted by molar-refractivity contribution is -0.385. The van der Waals surface area contributed by atoms with E-state index in [1.807, 2.05) is 4.83 Å². The number of aromatic hydroxyl groups is 1.